The lowest BCUT2D eigenvalue weighted by Crippen LogP contribution is -2.34. The molecule has 2 N–H and O–H groups in total. The molecule has 7 nitrogen and oxygen atoms in total. The minimum absolute atomic E-state index is 0.00269. The number of carbonyl (C=O) groups is 1. The Labute approximate surface area is 160 Å². The van der Waals surface area contributed by atoms with Crippen molar-refractivity contribution in [2.75, 3.05) is 5.32 Å². The van der Waals surface area contributed by atoms with Crippen molar-refractivity contribution in [1.29, 1.82) is 0 Å². The van der Waals surface area contributed by atoms with Crippen LogP contribution in [0.5, 0.6) is 5.75 Å². The van der Waals surface area contributed by atoms with E-state index in [0.717, 1.165) is 24.6 Å². The van der Waals surface area contributed by atoms with Gasteiger partial charge in [-0.05, 0) is 49.8 Å². The summed E-state index contributed by atoms with van der Waals surface area (Å²) in [5, 5.41) is 15.5. The molecule has 0 aliphatic rings. The number of carbonyl (C=O) groups excluding carboxylic acids is 1. The molecule has 1 unspecified atom stereocenters. The predicted octanol–water partition coefficient (Wildman–Crippen LogP) is 4.04. The van der Waals surface area contributed by atoms with Crippen LogP contribution < -0.4 is 15.4 Å². The summed E-state index contributed by atoms with van der Waals surface area (Å²) >= 11 is 4.99. The van der Waals surface area contributed by atoms with Gasteiger partial charge in [-0.1, -0.05) is 13.0 Å². The number of hydrogen-bond donors (Lipinski definition) is 2. The Morgan fingerprint density at radius 3 is 2.74 bits per heavy atom. The Kier molecular flexibility index (Phi) is 6.78. The highest BCUT2D eigenvalue weighted by molar-refractivity contribution is 7.80. The third-order valence-electron chi connectivity index (χ3n) is 3.64. The average Bonchev–Trinajstić information content (AvgIpc) is 2.63. The number of anilines is 1. The summed E-state index contributed by atoms with van der Waals surface area (Å²) in [5.74, 6) is -0.713. The molecule has 0 spiro atoms. The molecule has 0 aromatic heterocycles. The van der Waals surface area contributed by atoms with Gasteiger partial charge >= 0.3 is 0 Å². The molecule has 0 aliphatic carbocycles. The zero-order valence-electron chi connectivity index (χ0n) is 14.7. The summed E-state index contributed by atoms with van der Waals surface area (Å²) in [4.78, 5) is 22.4. The van der Waals surface area contributed by atoms with Crippen LogP contribution in [0.2, 0.25) is 0 Å². The molecule has 1 amide bonds. The second-order valence-electron chi connectivity index (χ2n) is 5.69. The van der Waals surface area contributed by atoms with E-state index in [9.17, 15) is 19.3 Å². The molecule has 2 rings (SSSR count). The van der Waals surface area contributed by atoms with Crippen LogP contribution in [0.1, 0.15) is 30.6 Å². The highest BCUT2D eigenvalue weighted by atomic mass is 32.1. The van der Waals surface area contributed by atoms with E-state index in [1.165, 1.54) is 0 Å². The molecule has 2 aromatic rings. The fourth-order valence-electron chi connectivity index (χ4n) is 2.08. The number of rotatable bonds is 6. The third kappa shape index (κ3) is 5.71. The molecule has 0 radical (unpaired) electrons. The third-order valence-corrected chi connectivity index (χ3v) is 3.85. The van der Waals surface area contributed by atoms with Crippen molar-refractivity contribution in [3.63, 3.8) is 0 Å². The Morgan fingerprint density at radius 2 is 2.07 bits per heavy atom. The van der Waals surface area contributed by atoms with Crippen LogP contribution in [0.15, 0.2) is 42.5 Å². The molecule has 0 aliphatic heterocycles. The van der Waals surface area contributed by atoms with Crippen molar-refractivity contribution in [1.82, 2.24) is 5.32 Å². The summed E-state index contributed by atoms with van der Waals surface area (Å²) in [6, 6.07) is 9.52. The van der Waals surface area contributed by atoms with Gasteiger partial charge in [0.15, 0.2) is 5.11 Å². The molecule has 0 fully saturated rings. The smallest absolute Gasteiger partial charge is 0.271 e. The maximum atomic E-state index is 13.8. The number of non-ortho nitro benzene ring substituents is 1. The first-order chi connectivity index (χ1) is 12.8. The SMILES string of the molecule is CCC(C)Oc1cccc(C(=O)NC(=S)Nc2cc([N+](=O)[O-])ccc2F)c1. The first-order valence-corrected chi connectivity index (χ1v) is 8.54. The average molecular weight is 391 g/mol. The number of nitrogens with one attached hydrogen (secondary N) is 2. The standard InChI is InChI=1S/C18H18FN3O4S/c1-3-11(2)26-14-6-4-5-12(9-14)17(23)21-18(27)20-16-10-13(22(24)25)7-8-15(16)19/h4-11H,3H2,1-2H3,(H2,20,21,23,27). The van der Waals surface area contributed by atoms with Crippen LogP contribution >= 0.6 is 12.2 Å². The van der Waals surface area contributed by atoms with Crippen LogP contribution in [0.3, 0.4) is 0 Å². The van der Waals surface area contributed by atoms with Crippen molar-refractivity contribution in [3.8, 4) is 5.75 Å². The van der Waals surface area contributed by atoms with Crippen LogP contribution in [-0.2, 0) is 0 Å². The second-order valence-corrected chi connectivity index (χ2v) is 6.10. The largest absolute Gasteiger partial charge is 0.491 e. The summed E-state index contributed by atoms with van der Waals surface area (Å²) in [6.07, 6.45) is 0.821. The van der Waals surface area contributed by atoms with E-state index in [-0.39, 0.29) is 22.6 Å². The maximum absolute atomic E-state index is 13.8. The number of ether oxygens (including phenoxy) is 1. The molecular weight excluding hydrogens is 373 g/mol. The van der Waals surface area contributed by atoms with Crippen LogP contribution in [0.4, 0.5) is 15.8 Å². The first kappa shape index (κ1) is 20.2. The predicted molar refractivity (Wildman–Crippen MR) is 104 cm³/mol. The highest BCUT2D eigenvalue weighted by Crippen LogP contribution is 2.21. The van der Waals surface area contributed by atoms with E-state index in [0.29, 0.717) is 11.3 Å². The number of hydrogen-bond acceptors (Lipinski definition) is 5. The lowest BCUT2D eigenvalue weighted by molar-refractivity contribution is -0.384. The molecule has 0 saturated heterocycles. The minimum Gasteiger partial charge on any atom is -0.491 e. The van der Waals surface area contributed by atoms with Crippen molar-refractivity contribution >= 4 is 34.6 Å². The van der Waals surface area contributed by atoms with Crippen LogP contribution in [-0.4, -0.2) is 22.0 Å². The van der Waals surface area contributed by atoms with Crippen LogP contribution in [0, 0.1) is 15.9 Å². The molecule has 2 aromatic carbocycles. The van der Waals surface area contributed by atoms with Gasteiger partial charge in [-0.2, -0.15) is 0 Å². The number of benzene rings is 2. The lowest BCUT2D eigenvalue weighted by Gasteiger charge is -2.14. The molecule has 0 heterocycles. The maximum Gasteiger partial charge on any atom is 0.271 e. The number of nitro benzene ring substituents is 1. The molecule has 142 valence electrons. The number of nitro groups is 1. The van der Waals surface area contributed by atoms with Gasteiger partial charge in [-0.15, -0.1) is 0 Å². The Bertz CT molecular complexity index is 875. The zero-order chi connectivity index (χ0) is 20.0. The second kappa shape index (κ2) is 9.04. The van der Waals surface area contributed by atoms with E-state index in [4.69, 9.17) is 17.0 Å². The minimum atomic E-state index is -0.735. The monoisotopic (exact) mass is 391 g/mol. The molecule has 9 heteroatoms. The summed E-state index contributed by atoms with van der Waals surface area (Å²) in [7, 11) is 0. The summed E-state index contributed by atoms with van der Waals surface area (Å²) < 4.78 is 19.5. The van der Waals surface area contributed by atoms with Crippen molar-refractivity contribution < 1.29 is 18.8 Å². The lowest BCUT2D eigenvalue weighted by atomic mass is 10.2. The number of thiocarbonyl (C=S) groups is 1. The molecular formula is C18H18FN3O4S. The first-order valence-electron chi connectivity index (χ1n) is 8.13. The topological polar surface area (TPSA) is 93.5 Å². The van der Waals surface area contributed by atoms with E-state index >= 15 is 0 Å². The Balaban J connectivity index is 2.06. The van der Waals surface area contributed by atoms with Gasteiger partial charge in [0.1, 0.15) is 11.6 Å². The summed E-state index contributed by atoms with van der Waals surface area (Å²) in [6.45, 7) is 3.90. The fourth-order valence-corrected chi connectivity index (χ4v) is 2.28. The highest BCUT2D eigenvalue weighted by Gasteiger charge is 2.14. The van der Waals surface area contributed by atoms with Gasteiger partial charge in [0.05, 0.1) is 16.7 Å². The van der Waals surface area contributed by atoms with Crippen LogP contribution in [0.25, 0.3) is 0 Å². The van der Waals surface area contributed by atoms with Gasteiger partial charge in [0.25, 0.3) is 11.6 Å². The van der Waals surface area contributed by atoms with E-state index in [1.54, 1.807) is 24.3 Å². The normalized spacial score (nSPS) is 11.4. The number of halogens is 1. The summed E-state index contributed by atoms with van der Waals surface area (Å²) in [5.41, 5.74) is -0.203. The van der Waals surface area contributed by atoms with Gasteiger partial charge < -0.3 is 10.1 Å². The molecule has 0 saturated carbocycles. The van der Waals surface area contributed by atoms with E-state index in [2.05, 4.69) is 10.6 Å². The molecule has 1 atom stereocenters. The van der Waals surface area contributed by atoms with Crippen molar-refractivity contribution in [2.45, 2.75) is 26.4 Å². The van der Waals surface area contributed by atoms with Gasteiger partial charge in [-0.3, -0.25) is 20.2 Å². The fraction of sp³-hybridized carbons (Fsp3) is 0.222. The number of nitrogens with zero attached hydrogens (tertiary/aromatic N) is 1. The van der Waals surface area contributed by atoms with Crippen molar-refractivity contribution in [2.24, 2.45) is 0 Å². The molecule has 27 heavy (non-hydrogen) atoms. The van der Waals surface area contributed by atoms with Gasteiger partial charge in [0, 0.05) is 17.7 Å². The van der Waals surface area contributed by atoms with Crippen molar-refractivity contribution in [3.05, 3.63) is 64.0 Å². The van der Waals surface area contributed by atoms with Gasteiger partial charge in [-0.25, -0.2) is 4.39 Å². The number of amides is 1. The molecule has 0 bridgehead atoms. The quantitative estimate of drug-likeness (QED) is 0.439. The Morgan fingerprint density at radius 1 is 1.33 bits per heavy atom. The van der Waals surface area contributed by atoms with E-state index < -0.39 is 16.6 Å². The Hall–Kier alpha value is -3.07. The van der Waals surface area contributed by atoms with E-state index in [1.807, 2.05) is 13.8 Å². The van der Waals surface area contributed by atoms with Gasteiger partial charge in [0.2, 0.25) is 0 Å². The zero-order valence-corrected chi connectivity index (χ0v) is 15.5.